The fourth-order valence-electron chi connectivity index (χ4n) is 1.71. The third-order valence-corrected chi connectivity index (χ3v) is 2.90. The largest absolute Gasteiger partial charge is 0.491 e. The molecule has 0 aliphatic rings. The maximum Gasteiger partial charge on any atom is 0.119 e. The van der Waals surface area contributed by atoms with Crippen LogP contribution in [0.5, 0.6) is 5.75 Å². The molecule has 3 atom stereocenters. The van der Waals surface area contributed by atoms with Crippen molar-refractivity contribution in [3.8, 4) is 5.75 Å². The van der Waals surface area contributed by atoms with Crippen molar-refractivity contribution >= 4 is 11.6 Å². The van der Waals surface area contributed by atoms with Gasteiger partial charge in [0.1, 0.15) is 18.5 Å². The van der Waals surface area contributed by atoms with E-state index < -0.39 is 6.10 Å². The number of hydrogen-bond donors (Lipinski definition) is 3. The van der Waals surface area contributed by atoms with Crippen molar-refractivity contribution in [2.75, 3.05) is 13.2 Å². The molecule has 0 radical (unpaired) electrons. The van der Waals surface area contributed by atoms with Crippen LogP contribution < -0.4 is 10.1 Å². The smallest absolute Gasteiger partial charge is 0.119 e. The second-order valence-electron chi connectivity index (χ2n) is 4.81. The third-order valence-electron chi connectivity index (χ3n) is 2.65. The first-order chi connectivity index (χ1) is 8.97. The topological polar surface area (TPSA) is 61.7 Å². The van der Waals surface area contributed by atoms with E-state index in [1.807, 2.05) is 6.92 Å². The molecule has 1 aromatic carbocycles. The molecular weight excluding hydrogens is 266 g/mol. The first kappa shape index (κ1) is 16.2. The van der Waals surface area contributed by atoms with E-state index in [1.54, 1.807) is 31.2 Å². The monoisotopic (exact) mass is 287 g/mol. The molecule has 0 aliphatic heterocycles. The number of aliphatic hydroxyl groups is 2. The van der Waals surface area contributed by atoms with Gasteiger partial charge in [0.25, 0.3) is 0 Å². The Hall–Kier alpha value is -0.810. The summed E-state index contributed by atoms with van der Waals surface area (Å²) < 4.78 is 5.44. The quantitative estimate of drug-likeness (QED) is 0.683. The minimum atomic E-state index is -0.591. The summed E-state index contributed by atoms with van der Waals surface area (Å²) in [6, 6.07) is 7.17. The molecule has 4 nitrogen and oxygen atoms in total. The average Bonchev–Trinajstić information content (AvgIpc) is 2.35. The van der Waals surface area contributed by atoms with Gasteiger partial charge in [-0.25, -0.2) is 0 Å². The van der Waals surface area contributed by atoms with Crippen molar-refractivity contribution in [2.24, 2.45) is 0 Å². The van der Waals surface area contributed by atoms with Crippen molar-refractivity contribution in [1.82, 2.24) is 5.32 Å². The van der Waals surface area contributed by atoms with Crippen LogP contribution in [0.1, 0.15) is 20.3 Å². The van der Waals surface area contributed by atoms with Crippen LogP contribution in [0.4, 0.5) is 0 Å². The second kappa shape index (κ2) is 8.38. The standard InChI is InChI=1S/C14H22ClNO3/c1-10(7-11(2)17)16-8-13(18)9-19-14-5-3-12(15)4-6-14/h3-6,10-11,13,16-18H,7-9H2,1-2H3. The molecule has 5 heteroatoms. The summed E-state index contributed by atoms with van der Waals surface area (Å²) in [4.78, 5) is 0. The molecule has 0 aromatic heterocycles. The van der Waals surface area contributed by atoms with Crippen LogP contribution in [-0.2, 0) is 0 Å². The summed E-state index contributed by atoms with van der Waals surface area (Å²) in [5.74, 6) is 0.681. The summed E-state index contributed by atoms with van der Waals surface area (Å²) in [7, 11) is 0. The van der Waals surface area contributed by atoms with Gasteiger partial charge in [-0.15, -0.1) is 0 Å². The van der Waals surface area contributed by atoms with Crippen molar-refractivity contribution in [3.05, 3.63) is 29.3 Å². The molecule has 0 saturated heterocycles. The van der Waals surface area contributed by atoms with Crippen LogP contribution in [0.25, 0.3) is 0 Å². The SMILES string of the molecule is CC(O)CC(C)NCC(O)COc1ccc(Cl)cc1. The van der Waals surface area contributed by atoms with Gasteiger partial charge in [0.05, 0.1) is 6.10 Å². The van der Waals surface area contributed by atoms with Gasteiger partial charge >= 0.3 is 0 Å². The Balaban J connectivity index is 2.20. The van der Waals surface area contributed by atoms with Crippen LogP contribution in [0.3, 0.4) is 0 Å². The lowest BCUT2D eigenvalue weighted by Crippen LogP contribution is -2.37. The van der Waals surface area contributed by atoms with Gasteiger partial charge in [0.15, 0.2) is 0 Å². The van der Waals surface area contributed by atoms with E-state index in [0.717, 1.165) is 0 Å². The number of rotatable bonds is 8. The highest BCUT2D eigenvalue weighted by atomic mass is 35.5. The summed E-state index contributed by atoms with van der Waals surface area (Å²) in [5, 5.41) is 22.8. The highest BCUT2D eigenvalue weighted by Gasteiger charge is 2.09. The van der Waals surface area contributed by atoms with Crippen molar-refractivity contribution < 1.29 is 14.9 Å². The third kappa shape index (κ3) is 7.38. The fourth-order valence-corrected chi connectivity index (χ4v) is 1.84. The van der Waals surface area contributed by atoms with Crippen LogP contribution in [0.15, 0.2) is 24.3 Å². The molecule has 3 N–H and O–H groups in total. The van der Waals surface area contributed by atoms with Crippen LogP contribution in [-0.4, -0.2) is 41.6 Å². The summed E-state index contributed by atoms with van der Waals surface area (Å²) in [6.45, 7) is 4.37. The molecule has 0 bridgehead atoms. The molecule has 19 heavy (non-hydrogen) atoms. The maximum atomic E-state index is 9.77. The summed E-state index contributed by atoms with van der Waals surface area (Å²) in [6.07, 6.45) is -0.276. The Bertz CT molecular complexity index is 356. The highest BCUT2D eigenvalue weighted by molar-refractivity contribution is 6.30. The van der Waals surface area contributed by atoms with Gasteiger partial charge in [-0.2, -0.15) is 0 Å². The van der Waals surface area contributed by atoms with Crippen molar-refractivity contribution in [1.29, 1.82) is 0 Å². The van der Waals surface area contributed by atoms with Gasteiger partial charge in [-0.1, -0.05) is 11.6 Å². The Morgan fingerprint density at radius 1 is 1.21 bits per heavy atom. The Labute approximate surface area is 119 Å². The Morgan fingerprint density at radius 2 is 1.84 bits per heavy atom. The van der Waals surface area contributed by atoms with E-state index in [2.05, 4.69) is 5.32 Å². The van der Waals surface area contributed by atoms with Crippen LogP contribution in [0, 0.1) is 0 Å². The molecule has 0 heterocycles. The average molecular weight is 288 g/mol. The number of ether oxygens (including phenoxy) is 1. The second-order valence-corrected chi connectivity index (χ2v) is 5.25. The number of benzene rings is 1. The number of hydrogen-bond acceptors (Lipinski definition) is 4. The molecule has 0 aliphatic carbocycles. The van der Waals surface area contributed by atoms with Gasteiger partial charge in [0.2, 0.25) is 0 Å². The van der Waals surface area contributed by atoms with Crippen LogP contribution in [0.2, 0.25) is 5.02 Å². The minimum Gasteiger partial charge on any atom is -0.491 e. The van der Waals surface area contributed by atoms with Gasteiger partial charge in [0, 0.05) is 17.6 Å². The van der Waals surface area contributed by atoms with Crippen molar-refractivity contribution in [3.63, 3.8) is 0 Å². The molecule has 3 unspecified atom stereocenters. The Morgan fingerprint density at radius 3 is 2.42 bits per heavy atom. The number of aliphatic hydroxyl groups excluding tert-OH is 2. The summed E-state index contributed by atoms with van der Waals surface area (Å²) in [5.41, 5.74) is 0. The van der Waals surface area contributed by atoms with E-state index in [1.165, 1.54) is 0 Å². The number of nitrogens with one attached hydrogen (secondary N) is 1. The fraction of sp³-hybridized carbons (Fsp3) is 0.571. The molecule has 0 fully saturated rings. The van der Waals surface area contributed by atoms with E-state index in [0.29, 0.717) is 23.7 Å². The minimum absolute atomic E-state index is 0.158. The van der Waals surface area contributed by atoms with E-state index in [9.17, 15) is 10.2 Å². The molecule has 0 spiro atoms. The molecule has 1 aromatic rings. The Kier molecular flexibility index (Phi) is 7.16. The van der Waals surface area contributed by atoms with E-state index in [-0.39, 0.29) is 18.8 Å². The lowest BCUT2D eigenvalue weighted by atomic mass is 10.1. The lowest BCUT2D eigenvalue weighted by Gasteiger charge is -2.18. The van der Waals surface area contributed by atoms with Gasteiger partial charge in [-0.05, 0) is 44.5 Å². The molecule has 0 saturated carbocycles. The first-order valence-electron chi connectivity index (χ1n) is 6.45. The van der Waals surface area contributed by atoms with E-state index in [4.69, 9.17) is 16.3 Å². The van der Waals surface area contributed by atoms with Gasteiger partial charge in [-0.3, -0.25) is 0 Å². The lowest BCUT2D eigenvalue weighted by molar-refractivity contribution is 0.100. The molecule has 0 amide bonds. The maximum absolute atomic E-state index is 9.77. The predicted octanol–water partition coefficient (Wildman–Crippen LogP) is 1.83. The normalized spacial score (nSPS) is 15.8. The molecular formula is C14H22ClNO3. The predicted molar refractivity (Wildman–Crippen MR) is 76.7 cm³/mol. The zero-order valence-corrected chi connectivity index (χ0v) is 12.1. The highest BCUT2D eigenvalue weighted by Crippen LogP contribution is 2.15. The van der Waals surface area contributed by atoms with Crippen LogP contribution >= 0.6 is 11.6 Å². The number of halogens is 1. The van der Waals surface area contributed by atoms with Crippen molar-refractivity contribution in [2.45, 2.75) is 38.5 Å². The molecule has 108 valence electrons. The van der Waals surface area contributed by atoms with Gasteiger partial charge < -0.3 is 20.3 Å². The summed E-state index contributed by atoms with van der Waals surface area (Å²) >= 11 is 5.77. The first-order valence-corrected chi connectivity index (χ1v) is 6.83. The zero-order chi connectivity index (χ0) is 14.3. The van der Waals surface area contributed by atoms with E-state index >= 15 is 0 Å². The molecule has 1 rings (SSSR count). The zero-order valence-electron chi connectivity index (χ0n) is 11.3.